The summed E-state index contributed by atoms with van der Waals surface area (Å²) in [5.41, 5.74) is -2.91. The van der Waals surface area contributed by atoms with Gasteiger partial charge in [0.2, 0.25) is 5.91 Å². The summed E-state index contributed by atoms with van der Waals surface area (Å²) in [4.78, 5) is 41.9. The molecule has 2 N–H and O–H groups in total. The van der Waals surface area contributed by atoms with E-state index in [0.717, 1.165) is 6.07 Å². The highest BCUT2D eigenvalue weighted by Gasteiger charge is 2.50. The first-order chi connectivity index (χ1) is 13.5. The van der Waals surface area contributed by atoms with Crippen molar-refractivity contribution in [2.75, 3.05) is 11.9 Å². The quantitative estimate of drug-likeness (QED) is 0.735. The average molecular weight is 427 g/mol. The standard InChI is InChI=1S/C18H14ClF3N4O3/c1-17(13-4-2-3-7-23-13)15(28)26(16(29)25-17)9-14(27)24-12-6-5-10(19)8-11(12)18(20,21)22/h2-8H,9H2,1H3,(H,24,27)(H,25,29). The van der Waals surface area contributed by atoms with Gasteiger partial charge in [0.15, 0.2) is 5.54 Å². The highest BCUT2D eigenvalue weighted by molar-refractivity contribution is 6.30. The van der Waals surface area contributed by atoms with E-state index in [4.69, 9.17) is 11.6 Å². The van der Waals surface area contributed by atoms with Crippen molar-refractivity contribution in [3.05, 3.63) is 58.9 Å². The van der Waals surface area contributed by atoms with Crippen molar-refractivity contribution >= 4 is 35.1 Å². The molecule has 1 aliphatic rings. The number of urea groups is 1. The maximum absolute atomic E-state index is 13.2. The zero-order chi connectivity index (χ0) is 21.4. The summed E-state index contributed by atoms with van der Waals surface area (Å²) in [6.07, 6.45) is -3.32. The number of halogens is 4. The fraction of sp³-hybridized carbons (Fsp3) is 0.222. The van der Waals surface area contributed by atoms with Gasteiger partial charge < -0.3 is 10.6 Å². The van der Waals surface area contributed by atoms with E-state index in [0.29, 0.717) is 11.0 Å². The number of carbonyl (C=O) groups is 3. The number of benzene rings is 1. The van der Waals surface area contributed by atoms with Crippen LogP contribution in [0.25, 0.3) is 0 Å². The summed E-state index contributed by atoms with van der Waals surface area (Å²) in [5, 5.41) is 4.37. The van der Waals surface area contributed by atoms with Crippen molar-refractivity contribution < 1.29 is 27.6 Å². The molecule has 0 saturated carbocycles. The van der Waals surface area contributed by atoms with E-state index in [9.17, 15) is 27.6 Å². The van der Waals surface area contributed by atoms with Crippen LogP contribution >= 0.6 is 11.6 Å². The van der Waals surface area contributed by atoms with Crippen LogP contribution in [-0.4, -0.2) is 34.3 Å². The number of imide groups is 1. The second kappa shape index (κ2) is 7.36. The van der Waals surface area contributed by atoms with Crippen LogP contribution in [-0.2, 0) is 21.3 Å². The Bertz CT molecular complexity index is 984. The largest absolute Gasteiger partial charge is 0.418 e. The summed E-state index contributed by atoms with van der Waals surface area (Å²) in [7, 11) is 0. The van der Waals surface area contributed by atoms with Gasteiger partial charge in [0.05, 0.1) is 16.9 Å². The number of carbonyl (C=O) groups excluding carboxylic acids is 3. The lowest BCUT2D eigenvalue weighted by Gasteiger charge is -2.21. The number of hydrogen-bond donors (Lipinski definition) is 2. The minimum absolute atomic E-state index is 0.157. The maximum Gasteiger partial charge on any atom is 0.418 e. The van der Waals surface area contributed by atoms with Crippen molar-refractivity contribution in [3.63, 3.8) is 0 Å². The minimum Gasteiger partial charge on any atom is -0.324 e. The lowest BCUT2D eigenvalue weighted by molar-refractivity contribution is -0.137. The van der Waals surface area contributed by atoms with Crippen LogP contribution in [0.5, 0.6) is 0 Å². The van der Waals surface area contributed by atoms with Crippen molar-refractivity contribution in [2.45, 2.75) is 18.6 Å². The van der Waals surface area contributed by atoms with Gasteiger partial charge in [0, 0.05) is 11.2 Å². The van der Waals surface area contributed by atoms with Crippen molar-refractivity contribution in [1.82, 2.24) is 15.2 Å². The Morgan fingerprint density at radius 2 is 2.00 bits per heavy atom. The molecular formula is C18H14ClF3N4O3. The van der Waals surface area contributed by atoms with Crippen molar-refractivity contribution in [2.24, 2.45) is 0 Å². The van der Waals surface area contributed by atoms with Gasteiger partial charge in [-0.1, -0.05) is 17.7 Å². The molecule has 3 rings (SSSR count). The summed E-state index contributed by atoms with van der Waals surface area (Å²) >= 11 is 5.60. The van der Waals surface area contributed by atoms with Crippen LogP contribution in [0.4, 0.5) is 23.7 Å². The zero-order valence-electron chi connectivity index (χ0n) is 14.9. The molecular weight excluding hydrogens is 413 g/mol. The molecule has 1 saturated heterocycles. The van der Waals surface area contributed by atoms with E-state index >= 15 is 0 Å². The zero-order valence-corrected chi connectivity index (χ0v) is 15.6. The Kier molecular flexibility index (Phi) is 5.22. The highest BCUT2D eigenvalue weighted by Crippen LogP contribution is 2.36. The Balaban J connectivity index is 1.79. The molecule has 1 aromatic carbocycles. The molecule has 1 atom stereocenters. The molecule has 1 aliphatic heterocycles. The van der Waals surface area contributed by atoms with E-state index in [-0.39, 0.29) is 10.7 Å². The van der Waals surface area contributed by atoms with Crippen LogP contribution in [0.1, 0.15) is 18.2 Å². The molecule has 1 aromatic heterocycles. The molecule has 1 fully saturated rings. The molecule has 7 nitrogen and oxygen atoms in total. The van der Waals surface area contributed by atoms with Crippen molar-refractivity contribution in [1.29, 1.82) is 0 Å². The summed E-state index contributed by atoms with van der Waals surface area (Å²) in [6, 6.07) is 6.77. The van der Waals surface area contributed by atoms with Gasteiger partial charge in [0.1, 0.15) is 6.54 Å². The third-order valence-electron chi connectivity index (χ3n) is 4.31. The molecule has 2 heterocycles. The summed E-state index contributed by atoms with van der Waals surface area (Å²) < 4.78 is 39.5. The van der Waals surface area contributed by atoms with E-state index in [1.54, 1.807) is 12.1 Å². The Hall–Kier alpha value is -3.14. The lowest BCUT2D eigenvalue weighted by atomic mass is 9.97. The van der Waals surface area contributed by atoms with E-state index in [1.807, 2.05) is 0 Å². The number of pyridine rings is 1. The fourth-order valence-electron chi connectivity index (χ4n) is 2.87. The maximum atomic E-state index is 13.2. The Morgan fingerprint density at radius 3 is 2.62 bits per heavy atom. The van der Waals surface area contributed by atoms with Gasteiger partial charge in [-0.15, -0.1) is 0 Å². The first-order valence-electron chi connectivity index (χ1n) is 8.24. The topological polar surface area (TPSA) is 91.4 Å². The first kappa shape index (κ1) is 20.6. The third kappa shape index (κ3) is 4.02. The fourth-order valence-corrected chi connectivity index (χ4v) is 3.04. The molecule has 29 heavy (non-hydrogen) atoms. The van der Waals surface area contributed by atoms with Gasteiger partial charge in [-0.05, 0) is 37.3 Å². The molecule has 0 radical (unpaired) electrons. The van der Waals surface area contributed by atoms with Gasteiger partial charge in [-0.2, -0.15) is 13.2 Å². The Labute approximate surface area is 167 Å². The number of hydrogen-bond acceptors (Lipinski definition) is 4. The molecule has 1 unspecified atom stereocenters. The van der Waals surface area contributed by atoms with Crippen LogP contribution in [0.2, 0.25) is 5.02 Å². The molecule has 0 bridgehead atoms. The number of rotatable bonds is 4. The SMILES string of the molecule is CC1(c2ccccn2)NC(=O)N(CC(=O)Nc2ccc(Cl)cc2C(F)(F)F)C1=O. The smallest absolute Gasteiger partial charge is 0.324 e. The normalized spacial score (nSPS) is 19.3. The minimum atomic E-state index is -4.76. The number of nitrogens with one attached hydrogen (secondary N) is 2. The molecule has 4 amide bonds. The van der Waals surface area contributed by atoms with Gasteiger partial charge in [0.25, 0.3) is 5.91 Å². The number of nitrogens with zero attached hydrogens (tertiary/aromatic N) is 2. The predicted octanol–water partition coefficient (Wildman–Crippen LogP) is 3.16. The van der Waals surface area contributed by atoms with E-state index in [2.05, 4.69) is 15.6 Å². The molecule has 0 aliphatic carbocycles. The number of aromatic nitrogens is 1. The van der Waals surface area contributed by atoms with Crippen LogP contribution in [0.15, 0.2) is 42.6 Å². The van der Waals surface area contributed by atoms with E-state index < -0.39 is 47.4 Å². The molecule has 11 heteroatoms. The van der Waals surface area contributed by atoms with Crippen LogP contribution in [0, 0.1) is 0 Å². The van der Waals surface area contributed by atoms with Crippen molar-refractivity contribution in [3.8, 4) is 0 Å². The number of anilines is 1. The second-order valence-electron chi connectivity index (χ2n) is 6.40. The molecule has 2 aromatic rings. The van der Waals surface area contributed by atoms with E-state index in [1.165, 1.54) is 25.3 Å². The summed E-state index contributed by atoms with van der Waals surface area (Å²) in [6.45, 7) is 0.654. The van der Waals surface area contributed by atoms with Crippen LogP contribution in [0.3, 0.4) is 0 Å². The average Bonchev–Trinajstić information content (AvgIpc) is 2.87. The number of amides is 4. The molecule has 0 spiro atoms. The number of alkyl halides is 3. The van der Waals surface area contributed by atoms with Gasteiger partial charge in [-0.25, -0.2) is 4.79 Å². The van der Waals surface area contributed by atoms with Gasteiger partial charge >= 0.3 is 12.2 Å². The lowest BCUT2D eigenvalue weighted by Crippen LogP contribution is -2.42. The summed E-state index contributed by atoms with van der Waals surface area (Å²) in [5.74, 6) is -1.73. The predicted molar refractivity (Wildman–Crippen MR) is 96.9 cm³/mol. The Morgan fingerprint density at radius 1 is 1.28 bits per heavy atom. The molecule has 152 valence electrons. The monoisotopic (exact) mass is 426 g/mol. The van der Waals surface area contributed by atoms with Crippen LogP contribution < -0.4 is 10.6 Å². The van der Waals surface area contributed by atoms with Gasteiger partial charge in [-0.3, -0.25) is 19.5 Å². The highest BCUT2D eigenvalue weighted by atomic mass is 35.5. The second-order valence-corrected chi connectivity index (χ2v) is 6.83. The third-order valence-corrected chi connectivity index (χ3v) is 4.55. The first-order valence-corrected chi connectivity index (χ1v) is 8.62.